The van der Waals surface area contributed by atoms with Gasteiger partial charge in [0.25, 0.3) is 0 Å². The van der Waals surface area contributed by atoms with Gasteiger partial charge in [-0.3, -0.25) is 0 Å². The first-order valence-corrected chi connectivity index (χ1v) is 3.15. The fraction of sp³-hybridized carbons (Fsp3) is 1.00. The zero-order valence-corrected chi connectivity index (χ0v) is 6.05. The average molecular weight is 134 g/mol. The smallest absolute Gasteiger partial charge is 0.106 e. The normalized spacial score (nSPS) is 10.0. The fourth-order valence-corrected chi connectivity index (χ4v) is 0.319. The first-order chi connectivity index (χ1) is 4.41. The van der Waals surface area contributed by atoms with Crippen LogP contribution in [0, 0.1) is 0 Å². The van der Waals surface area contributed by atoms with Crippen LogP contribution in [0.3, 0.4) is 0 Å². The lowest BCUT2D eigenvalue weighted by atomic mass is 10.5. The van der Waals surface area contributed by atoms with Crippen molar-refractivity contribution in [3.05, 3.63) is 0 Å². The molecule has 0 aliphatic rings. The lowest BCUT2D eigenvalue weighted by Crippen LogP contribution is -2.02. The van der Waals surface area contributed by atoms with Crippen LogP contribution >= 0.6 is 0 Å². The van der Waals surface area contributed by atoms with Crippen LogP contribution in [0.5, 0.6) is 0 Å². The third kappa shape index (κ3) is 7.88. The molecular formula is C6H14O3. The van der Waals surface area contributed by atoms with Crippen molar-refractivity contribution in [3.8, 4) is 0 Å². The SMILES string of the molecule is CCCOOCCOC. The third-order valence-corrected chi connectivity index (χ3v) is 0.742. The van der Waals surface area contributed by atoms with Crippen LogP contribution in [0.25, 0.3) is 0 Å². The van der Waals surface area contributed by atoms with Gasteiger partial charge in [-0.1, -0.05) is 6.92 Å². The summed E-state index contributed by atoms with van der Waals surface area (Å²) in [5, 5.41) is 0. The summed E-state index contributed by atoms with van der Waals surface area (Å²) >= 11 is 0. The van der Waals surface area contributed by atoms with Crippen molar-refractivity contribution in [2.45, 2.75) is 13.3 Å². The summed E-state index contributed by atoms with van der Waals surface area (Å²) in [5.41, 5.74) is 0. The Morgan fingerprint density at radius 1 is 1.00 bits per heavy atom. The van der Waals surface area contributed by atoms with Crippen LogP contribution in [0.15, 0.2) is 0 Å². The molecule has 3 heteroatoms. The number of hydrogen-bond donors (Lipinski definition) is 0. The second kappa shape index (κ2) is 7.88. The standard InChI is InChI=1S/C6H14O3/c1-3-4-8-9-6-5-7-2/h3-6H2,1-2H3. The van der Waals surface area contributed by atoms with Gasteiger partial charge in [-0.2, -0.15) is 0 Å². The summed E-state index contributed by atoms with van der Waals surface area (Å²) in [6.07, 6.45) is 0.979. The highest BCUT2D eigenvalue weighted by atomic mass is 17.2. The van der Waals surface area contributed by atoms with E-state index in [0.717, 1.165) is 6.42 Å². The maximum atomic E-state index is 4.72. The van der Waals surface area contributed by atoms with E-state index in [2.05, 4.69) is 4.89 Å². The predicted molar refractivity (Wildman–Crippen MR) is 34.1 cm³/mol. The molecule has 0 aliphatic heterocycles. The highest BCUT2D eigenvalue weighted by Crippen LogP contribution is 1.81. The second-order valence-corrected chi connectivity index (χ2v) is 1.64. The minimum absolute atomic E-state index is 0.510. The predicted octanol–water partition coefficient (Wildman–Crippen LogP) is 0.991. The summed E-state index contributed by atoms with van der Waals surface area (Å²) in [4.78, 5) is 9.39. The van der Waals surface area contributed by atoms with Gasteiger partial charge in [0.15, 0.2) is 0 Å². The van der Waals surface area contributed by atoms with Crippen molar-refractivity contribution in [2.24, 2.45) is 0 Å². The highest BCUT2D eigenvalue weighted by molar-refractivity contribution is 4.19. The van der Waals surface area contributed by atoms with Crippen molar-refractivity contribution in [1.82, 2.24) is 0 Å². The van der Waals surface area contributed by atoms with E-state index in [1.54, 1.807) is 7.11 Å². The summed E-state index contributed by atoms with van der Waals surface area (Å²) in [7, 11) is 1.63. The van der Waals surface area contributed by atoms with Crippen molar-refractivity contribution >= 4 is 0 Å². The van der Waals surface area contributed by atoms with E-state index >= 15 is 0 Å². The molecule has 0 aromatic carbocycles. The number of hydrogen-bond acceptors (Lipinski definition) is 3. The molecule has 0 N–H and O–H groups in total. The van der Waals surface area contributed by atoms with E-state index in [4.69, 9.17) is 9.62 Å². The van der Waals surface area contributed by atoms with Gasteiger partial charge in [0.05, 0.1) is 13.2 Å². The Bertz CT molecular complexity index is 41.6. The van der Waals surface area contributed by atoms with Gasteiger partial charge in [-0.15, -0.1) is 0 Å². The molecule has 0 fully saturated rings. The van der Waals surface area contributed by atoms with Crippen molar-refractivity contribution in [3.63, 3.8) is 0 Å². The van der Waals surface area contributed by atoms with Gasteiger partial charge in [-0.05, 0) is 6.42 Å². The van der Waals surface area contributed by atoms with Crippen LogP contribution in [0.2, 0.25) is 0 Å². The summed E-state index contributed by atoms with van der Waals surface area (Å²) in [5.74, 6) is 0. The van der Waals surface area contributed by atoms with Gasteiger partial charge in [0, 0.05) is 7.11 Å². The molecule has 0 aromatic rings. The molecular weight excluding hydrogens is 120 g/mol. The Kier molecular flexibility index (Phi) is 7.77. The summed E-state index contributed by atoms with van der Waals surface area (Å²) in [6, 6.07) is 0. The van der Waals surface area contributed by atoms with Crippen LogP contribution in [0.4, 0.5) is 0 Å². The topological polar surface area (TPSA) is 27.7 Å². The monoisotopic (exact) mass is 134 g/mol. The molecule has 0 unspecified atom stereocenters. The second-order valence-electron chi connectivity index (χ2n) is 1.64. The summed E-state index contributed by atoms with van der Waals surface area (Å²) < 4.78 is 4.72. The van der Waals surface area contributed by atoms with Gasteiger partial charge < -0.3 is 4.74 Å². The molecule has 3 nitrogen and oxygen atoms in total. The molecule has 9 heavy (non-hydrogen) atoms. The molecule has 0 saturated carbocycles. The lowest BCUT2D eigenvalue weighted by Gasteiger charge is -2.00. The molecule has 0 heterocycles. The van der Waals surface area contributed by atoms with E-state index in [0.29, 0.717) is 19.8 Å². The minimum Gasteiger partial charge on any atom is -0.382 e. The molecule has 0 radical (unpaired) electrons. The zero-order chi connectivity index (χ0) is 6.95. The maximum absolute atomic E-state index is 4.72. The third-order valence-electron chi connectivity index (χ3n) is 0.742. The van der Waals surface area contributed by atoms with Crippen molar-refractivity contribution in [2.75, 3.05) is 26.9 Å². The Hall–Kier alpha value is -0.120. The van der Waals surface area contributed by atoms with Gasteiger partial charge in [0.2, 0.25) is 0 Å². The fourth-order valence-electron chi connectivity index (χ4n) is 0.319. The van der Waals surface area contributed by atoms with Crippen LogP contribution in [0.1, 0.15) is 13.3 Å². The average Bonchev–Trinajstić information content (AvgIpc) is 1.89. The van der Waals surface area contributed by atoms with E-state index in [1.165, 1.54) is 0 Å². The molecule has 0 aliphatic carbocycles. The Morgan fingerprint density at radius 3 is 2.22 bits per heavy atom. The first-order valence-electron chi connectivity index (χ1n) is 3.15. The molecule has 56 valence electrons. The molecule has 0 atom stereocenters. The number of ether oxygens (including phenoxy) is 1. The summed E-state index contributed by atoms with van der Waals surface area (Å²) in [6.45, 7) is 3.78. The van der Waals surface area contributed by atoms with E-state index in [-0.39, 0.29) is 0 Å². The molecule has 0 spiro atoms. The van der Waals surface area contributed by atoms with Gasteiger partial charge in [-0.25, -0.2) is 9.78 Å². The van der Waals surface area contributed by atoms with E-state index in [9.17, 15) is 0 Å². The molecule has 0 saturated heterocycles. The zero-order valence-electron chi connectivity index (χ0n) is 6.05. The van der Waals surface area contributed by atoms with Crippen molar-refractivity contribution in [1.29, 1.82) is 0 Å². The number of rotatable bonds is 6. The molecule has 0 rings (SSSR count). The quantitative estimate of drug-likeness (QED) is 0.308. The van der Waals surface area contributed by atoms with Crippen molar-refractivity contribution < 1.29 is 14.5 Å². The Labute approximate surface area is 55.8 Å². The maximum Gasteiger partial charge on any atom is 0.106 e. The van der Waals surface area contributed by atoms with Gasteiger partial charge >= 0.3 is 0 Å². The highest BCUT2D eigenvalue weighted by Gasteiger charge is 1.84. The molecule has 0 aromatic heterocycles. The van der Waals surface area contributed by atoms with Crippen LogP contribution < -0.4 is 0 Å². The minimum atomic E-state index is 0.510. The Morgan fingerprint density at radius 2 is 1.67 bits per heavy atom. The molecule has 0 bridgehead atoms. The Balaban J connectivity index is 2.60. The lowest BCUT2D eigenvalue weighted by molar-refractivity contribution is -0.298. The van der Waals surface area contributed by atoms with Crippen LogP contribution in [-0.2, 0) is 14.5 Å². The van der Waals surface area contributed by atoms with Crippen LogP contribution in [-0.4, -0.2) is 26.9 Å². The van der Waals surface area contributed by atoms with E-state index < -0.39 is 0 Å². The largest absolute Gasteiger partial charge is 0.382 e. The van der Waals surface area contributed by atoms with Gasteiger partial charge in [0.1, 0.15) is 6.61 Å². The molecule has 0 amide bonds. The number of methoxy groups -OCH3 is 1. The van der Waals surface area contributed by atoms with E-state index in [1.807, 2.05) is 6.92 Å². The first kappa shape index (κ1) is 8.88.